The van der Waals surface area contributed by atoms with Crippen LogP contribution in [0, 0.1) is 6.08 Å². The average Bonchev–Trinajstić information content (AvgIpc) is 2.01. The standard InChI is InChI=1S/C10H11/c1-2-4-6-8-10-9-7-5-3-1/h1-4,7-9H,5-6H2. The second-order valence-electron chi connectivity index (χ2n) is 2.10. The van der Waals surface area contributed by atoms with Gasteiger partial charge in [0.25, 0.3) is 0 Å². The van der Waals surface area contributed by atoms with Gasteiger partial charge in [-0.2, -0.15) is 0 Å². The van der Waals surface area contributed by atoms with Gasteiger partial charge < -0.3 is 0 Å². The maximum Gasteiger partial charge on any atom is -0.0157 e. The van der Waals surface area contributed by atoms with Crippen molar-refractivity contribution in [2.75, 3.05) is 0 Å². The molecule has 0 fully saturated rings. The van der Waals surface area contributed by atoms with Crippen LogP contribution in [0.15, 0.2) is 42.5 Å². The van der Waals surface area contributed by atoms with Crippen LogP contribution < -0.4 is 0 Å². The first-order valence-electron chi connectivity index (χ1n) is 3.54. The van der Waals surface area contributed by atoms with Crippen molar-refractivity contribution in [3.63, 3.8) is 0 Å². The van der Waals surface area contributed by atoms with Crippen LogP contribution in [-0.2, 0) is 0 Å². The second-order valence-corrected chi connectivity index (χ2v) is 2.10. The summed E-state index contributed by atoms with van der Waals surface area (Å²) >= 11 is 0. The lowest BCUT2D eigenvalue weighted by molar-refractivity contribution is 1.34. The van der Waals surface area contributed by atoms with Gasteiger partial charge in [0.05, 0.1) is 0 Å². The number of hydrogen-bond donors (Lipinski definition) is 0. The zero-order valence-corrected chi connectivity index (χ0v) is 5.96. The Morgan fingerprint density at radius 1 is 0.900 bits per heavy atom. The Morgan fingerprint density at radius 3 is 2.60 bits per heavy atom. The predicted octanol–water partition coefficient (Wildman–Crippen LogP) is 2.81. The molecule has 0 aromatic carbocycles. The second kappa shape index (κ2) is 4.80. The summed E-state index contributed by atoms with van der Waals surface area (Å²) in [6.07, 6.45) is 19.5. The first-order valence-corrected chi connectivity index (χ1v) is 3.54. The van der Waals surface area contributed by atoms with Crippen molar-refractivity contribution in [1.29, 1.82) is 0 Å². The minimum atomic E-state index is 0.981. The lowest BCUT2D eigenvalue weighted by atomic mass is 10.2. The molecule has 0 N–H and O–H groups in total. The molecule has 1 aliphatic carbocycles. The Morgan fingerprint density at radius 2 is 1.70 bits per heavy atom. The summed E-state index contributed by atoms with van der Waals surface area (Å²) in [5.41, 5.74) is 0. The van der Waals surface area contributed by atoms with E-state index >= 15 is 0 Å². The highest BCUT2D eigenvalue weighted by Crippen LogP contribution is 1.93. The van der Waals surface area contributed by atoms with Crippen LogP contribution in [0.1, 0.15) is 12.8 Å². The van der Waals surface area contributed by atoms with Crippen molar-refractivity contribution in [3.8, 4) is 0 Å². The van der Waals surface area contributed by atoms with Gasteiger partial charge in [-0.1, -0.05) is 42.5 Å². The predicted molar refractivity (Wildman–Crippen MR) is 44.5 cm³/mol. The number of allylic oxidation sites excluding steroid dienone is 8. The molecule has 0 heteroatoms. The average molecular weight is 131 g/mol. The number of hydrogen-bond acceptors (Lipinski definition) is 0. The molecule has 0 saturated carbocycles. The Balaban J connectivity index is 2.50. The normalized spacial score (nSPS) is 17.6. The van der Waals surface area contributed by atoms with E-state index in [0.717, 1.165) is 12.8 Å². The van der Waals surface area contributed by atoms with Crippen LogP contribution in [-0.4, -0.2) is 0 Å². The summed E-state index contributed by atoms with van der Waals surface area (Å²) in [4.78, 5) is 0. The molecule has 0 bridgehead atoms. The third kappa shape index (κ3) is 3.08. The maximum absolute atomic E-state index is 3.06. The molecule has 0 aromatic rings. The van der Waals surface area contributed by atoms with Crippen molar-refractivity contribution < 1.29 is 0 Å². The van der Waals surface area contributed by atoms with E-state index in [9.17, 15) is 0 Å². The summed E-state index contributed by atoms with van der Waals surface area (Å²) in [6, 6.07) is 0. The number of rotatable bonds is 0. The zero-order valence-electron chi connectivity index (χ0n) is 5.96. The van der Waals surface area contributed by atoms with Crippen LogP contribution in [0.5, 0.6) is 0 Å². The summed E-state index contributed by atoms with van der Waals surface area (Å²) < 4.78 is 0. The summed E-state index contributed by atoms with van der Waals surface area (Å²) in [7, 11) is 0. The van der Waals surface area contributed by atoms with Gasteiger partial charge in [-0.3, -0.25) is 0 Å². The minimum Gasteiger partial charge on any atom is -0.0807 e. The van der Waals surface area contributed by atoms with Gasteiger partial charge >= 0.3 is 0 Å². The highest BCUT2D eigenvalue weighted by molar-refractivity contribution is 5.09. The van der Waals surface area contributed by atoms with E-state index < -0.39 is 0 Å². The van der Waals surface area contributed by atoms with E-state index in [0.29, 0.717) is 0 Å². The smallest absolute Gasteiger partial charge is 0.0157 e. The van der Waals surface area contributed by atoms with E-state index in [1.165, 1.54) is 0 Å². The molecule has 0 saturated heterocycles. The Labute approximate surface area is 62.3 Å². The van der Waals surface area contributed by atoms with Crippen molar-refractivity contribution >= 4 is 0 Å². The molecule has 0 aromatic heterocycles. The molecular formula is C10H11. The highest BCUT2D eigenvalue weighted by Gasteiger charge is 1.73. The van der Waals surface area contributed by atoms with Crippen LogP contribution in [0.2, 0.25) is 0 Å². The highest BCUT2D eigenvalue weighted by atomic mass is 13.8. The molecule has 1 aliphatic rings. The van der Waals surface area contributed by atoms with Crippen LogP contribution >= 0.6 is 0 Å². The quantitative estimate of drug-likeness (QED) is 0.474. The molecule has 0 heterocycles. The van der Waals surface area contributed by atoms with E-state index in [-0.39, 0.29) is 0 Å². The molecule has 0 spiro atoms. The third-order valence-electron chi connectivity index (χ3n) is 1.24. The van der Waals surface area contributed by atoms with Crippen LogP contribution in [0.25, 0.3) is 0 Å². The molecule has 0 aliphatic heterocycles. The fraction of sp³-hybridized carbons (Fsp3) is 0.200. The lowest BCUT2D eigenvalue weighted by Gasteiger charge is -1.83. The van der Waals surface area contributed by atoms with E-state index in [2.05, 4.69) is 36.5 Å². The lowest BCUT2D eigenvalue weighted by Crippen LogP contribution is -1.63. The third-order valence-corrected chi connectivity index (χ3v) is 1.24. The molecule has 51 valence electrons. The summed E-state index contributed by atoms with van der Waals surface area (Å²) in [5.74, 6) is 0. The summed E-state index contributed by atoms with van der Waals surface area (Å²) in [5, 5.41) is 0. The molecular weight excluding hydrogens is 120 g/mol. The Kier molecular flexibility index (Phi) is 3.40. The zero-order chi connectivity index (χ0) is 7.07. The van der Waals surface area contributed by atoms with Crippen LogP contribution in [0.4, 0.5) is 0 Å². The van der Waals surface area contributed by atoms with Gasteiger partial charge in [0.2, 0.25) is 0 Å². The molecule has 0 amide bonds. The van der Waals surface area contributed by atoms with Crippen molar-refractivity contribution in [1.82, 2.24) is 0 Å². The monoisotopic (exact) mass is 131 g/mol. The summed E-state index contributed by atoms with van der Waals surface area (Å²) in [6.45, 7) is 0. The van der Waals surface area contributed by atoms with Gasteiger partial charge in [-0.15, -0.1) is 0 Å². The largest absolute Gasteiger partial charge is 0.0807 e. The van der Waals surface area contributed by atoms with Gasteiger partial charge in [0.15, 0.2) is 0 Å². The molecule has 0 unspecified atom stereocenters. The van der Waals surface area contributed by atoms with E-state index in [4.69, 9.17) is 0 Å². The first kappa shape index (κ1) is 7.07. The van der Waals surface area contributed by atoms with Crippen molar-refractivity contribution in [2.24, 2.45) is 0 Å². The fourth-order valence-corrected chi connectivity index (χ4v) is 0.733. The molecule has 0 atom stereocenters. The molecule has 0 nitrogen and oxygen atoms in total. The Bertz CT molecular complexity index is 138. The SMILES string of the molecule is [C]1=CCC=CC=CCC=C1. The van der Waals surface area contributed by atoms with Gasteiger partial charge in [0, 0.05) is 0 Å². The molecule has 10 heavy (non-hydrogen) atoms. The topological polar surface area (TPSA) is 0 Å². The van der Waals surface area contributed by atoms with Crippen molar-refractivity contribution in [3.05, 3.63) is 48.6 Å². The van der Waals surface area contributed by atoms with E-state index in [1.54, 1.807) is 0 Å². The van der Waals surface area contributed by atoms with Gasteiger partial charge in [-0.25, -0.2) is 0 Å². The first-order chi connectivity index (χ1) is 5.00. The van der Waals surface area contributed by atoms with E-state index in [1.807, 2.05) is 12.2 Å². The minimum absolute atomic E-state index is 0.981. The molecule has 1 radical (unpaired) electrons. The van der Waals surface area contributed by atoms with Gasteiger partial charge in [0.1, 0.15) is 0 Å². The maximum atomic E-state index is 3.06. The van der Waals surface area contributed by atoms with Gasteiger partial charge in [-0.05, 0) is 18.9 Å². The van der Waals surface area contributed by atoms with Crippen molar-refractivity contribution in [2.45, 2.75) is 12.8 Å². The molecule has 1 rings (SSSR count). The fourth-order valence-electron chi connectivity index (χ4n) is 0.733. The Hall–Kier alpha value is -1.04. The van der Waals surface area contributed by atoms with Crippen LogP contribution in [0.3, 0.4) is 0 Å².